The number of aromatic nitrogens is 1. The van der Waals surface area contributed by atoms with Crippen molar-refractivity contribution in [2.45, 2.75) is 94.4 Å². The Hall–Kier alpha value is -5.70. The molecule has 4 aromatic rings. The van der Waals surface area contributed by atoms with Crippen LogP contribution >= 0.6 is 0 Å². The first kappa shape index (κ1) is 45.1. The number of methoxy groups -OCH3 is 2. The number of ether oxygens (including phenoxy) is 4. The van der Waals surface area contributed by atoms with Crippen molar-refractivity contribution >= 4 is 34.6 Å². The number of fused-ring (bicyclic) bond motifs is 6. The fourth-order valence-electron chi connectivity index (χ4n) is 14.0. The molecule has 14 heteroatoms. The number of para-hydroxylation sites is 1. The number of rotatable bonds is 9. The summed E-state index contributed by atoms with van der Waals surface area (Å²) >= 11 is 0. The number of anilines is 1. The van der Waals surface area contributed by atoms with Crippen LogP contribution in [0.1, 0.15) is 74.4 Å². The van der Waals surface area contributed by atoms with E-state index in [0.29, 0.717) is 55.6 Å². The maximum Gasteiger partial charge on any atom is 0.412 e. The molecule has 1 amide bonds. The summed E-state index contributed by atoms with van der Waals surface area (Å²) < 4.78 is 38.7. The highest BCUT2D eigenvalue weighted by molar-refractivity contribution is 5.94. The Morgan fingerprint density at radius 3 is 2.57 bits per heavy atom. The van der Waals surface area contributed by atoms with Crippen LogP contribution < -0.4 is 19.7 Å². The van der Waals surface area contributed by atoms with Crippen molar-refractivity contribution in [3.63, 3.8) is 0 Å². The van der Waals surface area contributed by atoms with Crippen LogP contribution in [0.3, 0.4) is 0 Å². The quantitative estimate of drug-likeness (QED) is 0.120. The van der Waals surface area contributed by atoms with Gasteiger partial charge in [0.1, 0.15) is 34.4 Å². The lowest BCUT2D eigenvalue weighted by Gasteiger charge is -2.64. The predicted octanol–water partition coefficient (Wildman–Crippen LogP) is 6.86. The zero-order valence-corrected chi connectivity index (χ0v) is 39.5. The molecule has 1 saturated heterocycles. The van der Waals surface area contributed by atoms with E-state index < -0.39 is 57.8 Å². The van der Waals surface area contributed by atoms with Gasteiger partial charge >= 0.3 is 18.0 Å². The Balaban J connectivity index is 1.20. The molecule has 9 atom stereocenters. The largest absolute Gasteiger partial charge is 0.496 e. The van der Waals surface area contributed by atoms with E-state index >= 15 is 4.79 Å². The number of H-pyrrole nitrogens is 1. The molecule has 1 aromatic heterocycles. The monoisotopic (exact) mass is 915 g/mol. The third kappa shape index (κ3) is 6.59. The minimum Gasteiger partial charge on any atom is -0.496 e. The van der Waals surface area contributed by atoms with Gasteiger partial charge in [-0.05, 0) is 98.5 Å². The van der Waals surface area contributed by atoms with Crippen LogP contribution in [0.4, 0.5) is 14.9 Å². The van der Waals surface area contributed by atoms with E-state index in [2.05, 4.69) is 75.3 Å². The van der Waals surface area contributed by atoms with Crippen LogP contribution in [0.2, 0.25) is 0 Å². The number of esters is 2. The number of nitrogens with zero attached hydrogens (tertiary/aromatic N) is 3. The summed E-state index contributed by atoms with van der Waals surface area (Å²) in [5, 5.41) is 17.8. The van der Waals surface area contributed by atoms with Crippen molar-refractivity contribution in [2.75, 3.05) is 65.4 Å². The van der Waals surface area contributed by atoms with Crippen molar-refractivity contribution < 1.29 is 42.8 Å². The summed E-state index contributed by atoms with van der Waals surface area (Å²) in [6, 6.07) is 15.4. The zero-order chi connectivity index (χ0) is 47.2. The molecule has 0 radical (unpaired) electrons. The van der Waals surface area contributed by atoms with Crippen molar-refractivity contribution in [3.05, 3.63) is 112 Å². The Morgan fingerprint density at radius 1 is 1.03 bits per heavy atom. The van der Waals surface area contributed by atoms with Crippen LogP contribution in [0, 0.1) is 24.1 Å². The summed E-state index contributed by atoms with van der Waals surface area (Å²) in [6.45, 7) is 10.7. The van der Waals surface area contributed by atoms with E-state index in [1.807, 2.05) is 25.2 Å². The van der Waals surface area contributed by atoms with Crippen LogP contribution in [-0.2, 0) is 36.3 Å². The first-order chi connectivity index (χ1) is 32.2. The molecule has 2 fully saturated rings. The minimum absolute atomic E-state index is 0.00109. The fourth-order valence-corrected chi connectivity index (χ4v) is 14.0. The van der Waals surface area contributed by atoms with Gasteiger partial charge in [-0.1, -0.05) is 55.8 Å². The van der Waals surface area contributed by atoms with Crippen LogP contribution in [-0.4, -0.2) is 122 Å². The molecule has 1 unspecified atom stereocenters. The normalized spacial score (nSPS) is 31.6. The van der Waals surface area contributed by atoms with E-state index in [1.165, 1.54) is 37.8 Å². The van der Waals surface area contributed by atoms with Crippen molar-refractivity contribution in [3.8, 4) is 11.5 Å². The summed E-state index contributed by atoms with van der Waals surface area (Å²) in [7, 11) is 5.03. The third-order valence-electron chi connectivity index (χ3n) is 16.5. The first-order valence-corrected chi connectivity index (χ1v) is 23.8. The molecule has 1 saturated carbocycles. The molecule has 2 bridgehead atoms. The number of hydrogen-bond donors (Lipinski definition) is 3. The molecule has 67 heavy (non-hydrogen) atoms. The van der Waals surface area contributed by atoms with Gasteiger partial charge in [-0.25, -0.2) is 9.18 Å². The van der Waals surface area contributed by atoms with Gasteiger partial charge in [0, 0.05) is 90.9 Å². The molecule has 3 N–H and O–H groups in total. The number of hydrogen-bond acceptors (Lipinski definition) is 11. The number of benzene rings is 3. The zero-order valence-electron chi connectivity index (χ0n) is 39.5. The van der Waals surface area contributed by atoms with Gasteiger partial charge in [-0.3, -0.25) is 19.4 Å². The van der Waals surface area contributed by atoms with Crippen molar-refractivity contribution in [1.29, 1.82) is 0 Å². The van der Waals surface area contributed by atoms with Gasteiger partial charge in [-0.15, -0.1) is 0 Å². The smallest absolute Gasteiger partial charge is 0.412 e. The number of aromatic amines is 1. The number of nitrogens with one attached hydrogen (secondary N) is 2. The molecule has 1 spiro atoms. The number of likely N-dealkylation sites (N-methyl/N-ethyl adjacent to an activating group) is 1. The Morgan fingerprint density at radius 2 is 1.84 bits per heavy atom. The number of amides is 1. The van der Waals surface area contributed by atoms with Crippen LogP contribution in [0.5, 0.6) is 11.5 Å². The van der Waals surface area contributed by atoms with E-state index in [1.54, 1.807) is 14.0 Å². The lowest BCUT2D eigenvalue weighted by molar-refractivity contribution is -0.216. The maximum absolute atomic E-state index is 15.5. The summed E-state index contributed by atoms with van der Waals surface area (Å²) in [5.41, 5.74) is 1.82. The van der Waals surface area contributed by atoms with Gasteiger partial charge in [0.2, 0.25) is 0 Å². The lowest BCUT2D eigenvalue weighted by atomic mass is 9.47. The second-order valence-electron chi connectivity index (χ2n) is 19.8. The van der Waals surface area contributed by atoms with Gasteiger partial charge in [0.25, 0.3) is 0 Å². The number of carbonyl (C=O) groups excluding carboxylic acids is 3. The van der Waals surface area contributed by atoms with Crippen molar-refractivity contribution in [2.24, 2.45) is 11.3 Å². The molecule has 6 aliphatic rings. The molecular weight excluding hydrogens is 854 g/mol. The number of aryl methyl sites for hydroxylation is 1. The second kappa shape index (κ2) is 16.5. The van der Waals surface area contributed by atoms with Gasteiger partial charge in [-0.2, -0.15) is 0 Å². The maximum atomic E-state index is 15.5. The Bertz CT molecular complexity index is 2740. The van der Waals surface area contributed by atoms with Gasteiger partial charge in [0.05, 0.1) is 26.8 Å². The molecule has 5 aliphatic heterocycles. The number of carbonyl (C=O) groups is 3. The van der Waals surface area contributed by atoms with Crippen LogP contribution in [0.25, 0.3) is 10.9 Å². The highest BCUT2D eigenvalue weighted by Crippen LogP contribution is 2.68. The topological polar surface area (TPSA) is 146 Å². The predicted molar refractivity (Wildman–Crippen MR) is 252 cm³/mol. The number of halogens is 1. The molecule has 3 aromatic carbocycles. The molecule has 1 aliphatic carbocycles. The Kier molecular flexibility index (Phi) is 11.1. The SMILES string of the molecule is CCC1=C[C@@H]2CN(CCc3c([nH]c4ccccc34)[C@@](C(=O)OC)(c3cc4c(cc3OC)N(C)[C@H]3[C@@](O)(CNC(=O)Oc5ccc(F)c(C)c5)[C@H](OC(C)=O)[C@]5(CC)C=CCN6CC[C@]43[C@@H]65)C2)C1. The molecular formula is C53H62FN5O8. The molecule has 10 rings (SSSR count). The van der Waals surface area contributed by atoms with Crippen molar-refractivity contribution in [1.82, 2.24) is 20.1 Å². The fraction of sp³-hybridized carbons (Fsp3) is 0.491. The second-order valence-corrected chi connectivity index (χ2v) is 19.8. The van der Waals surface area contributed by atoms with Gasteiger partial charge < -0.3 is 39.3 Å². The lowest BCUT2D eigenvalue weighted by Crippen LogP contribution is -2.81. The molecule has 6 heterocycles. The van der Waals surface area contributed by atoms with E-state index in [0.717, 1.165) is 59.5 Å². The van der Waals surface area contributed by atoms with E-state index in [-0.39, 0.29) is 24.3 Å². The molecule has 13 nitrogen and oxygen atoms in total. The average molecular weight is 916 g/mol. The summed E-state index contributed by atoms with van der Waals surface area (Å²) in [5.74, 6) is -0.746. The van der Waals surface area contributed by atoms with E-state index in [9.17, 15) is 19.1 Å². The highest BCUT2D eigenvalue weighted by atomic mass is 19.1. The summed E-state index contributed by atoms with van der Waals surface area (Å²) in [4.78, 5) is 53.4. The number of aliphatic hydroxyl groups is 1. The standard InChI is InChI=1S/C53H62FN5O8/c1-8-33-24-34-27-52(48(61)65-7,44-37(17-21-58(28-33)29-34)36-13-10-11-14-41(36)56-44)39-25-38-42(26-43(39)64-6)57(5)46-51(38)19-22-59-20-12-18-50(9-2,45(51)59)47(66-32(4)60)53(46,63)30-55-49(62)67-35-15-16-40(54)31(3)23-35/h10-16,18,23-26,34,45-47,56,63H,8-9,17,19-22,27-30H2,1-7H3,(H,55,62)/t34-,45-,46+,47+,50+,51+,52-,53-/m0/s1. The molecule has 354 valence electrons. The minimum atomic E-state index is -1.93. The average Bonchev–Trinajstić information content (AvgIpc) is 3.99. The summed E-state index contributed by atoms with van der Waals surface area (Å²) in [6.07, 6.45) is 7.77. The van der Waals surface area contributed by atoms with E-state index in [4.69, 9.17) is 18.9 Å². The first-order valence-electron chi connectivity index (χ1n) is 23.8. The Labute approximate surface area is 391 Å². The highest BCUT2D eigenvalue weighted by Gasteiger charge is 2.78. The third-order valence-corrected chi connectivity index (χ3v) is 16.5. The van der Waals surface area contributed by atoms with Crippen LogP contribution in [0.15, 0.2) is 78.4 Å². The van der Waals surface area contributed by atoms with Gasteiger partial charge in [0.15, 0.2) is 0 Å².